The quantitative estimate of drug-likeness (QED) is 0.567. The molecule has 2 rings (SSSR count). The first kappa shape index (κ1) is 14.8. The fraction of sp³-hybridized carbons (Fsp3) is 0.143. The van der Waals surface area contributed by atoms with Gasteiger partial charge in [-0.25, -0.2) is 8.78 Å². The third kappa shape index (κ3) is 2.93. The number of hydrogen-bond acceptors (Lipinski definition) is 0. The summed E-state index contributed by atoms with van der Waals surface area (Å²) in [7, 11) is 0. The molecule has 0 bridgehead atoms. The van der Waals surface area contributed by atoms with E-state index in [1.807, 2.05) is 0 Å². The van der Waals surface area contributed by atoms with Crippen LogP contribution in [0, 0.1) is 18.6 Å². The molecule has 0 saturated carbocycles. The zero-order valence-electron chi connectivity index (χ0n) is 9.85. The average molecular weight is 366 g/mol. The van der Waals surface area contributed by atoms with Crippen molar-refractivity contribution >= 4 is 39.1 Å². The molecule has 0 heterocycles. The summed E-state index contributed by atoms with van der Waals surface area (Å²) < 4.78 is 27.3. The highest BCUT2D eigenvalue weighted by Gasteiger charge is 2.20. The lowest BCUT2D eigenvalue weighted by molar-refractivity contribution is 0.612. The van der Waals surface area contributed by atoms with Crippen molar-refractivity contribution in [2.24, 2.45) is 0 Å². The van der Waals surface area contributed by atoms with Gasteiger partial charge in [0.05, 0.1) is 9.85 Å². The lowest BCUT2D eigenvalue weighted by Gasteiger charge is -2.15. The molecular weight excluding hydrogens is 357 g/mol. The van der Waals surface area contributed by atoms with Gasteiger partial charge in [-0.05, 0) is 30.2 Å². The summed E-state index contributed by atoms with van der Waals surface area (Å²) in [5.41, 5.74) is 1.41. The maximum absolute atomic E-state index is 14.0. The predicted octanol–water partition coefficient (Wildman–Crippen LogP) is 6.06. The summed E-state index contributed by atoms with van der Waals surface area (Å²) in [6, 6.07) is 7.55. The molecule has 2 aromatic carbocycles. The fourth-order valence-electron chi connectivity index (χ4n) is 1.76. The minimum absolute atomic E-state index is 0.0388. The van der Waals surface area contributed by atoms with Crippen LogP contribution in [0.5, 0.6) is 0 Å². The van der Waals surface area contributed by atoms with Crippen LogP contribution in [0.4, 0.5) is 8.78 Å². The van der Waals surface area contributed by atoms with Crippen molar-refractivity contribution in [1.82, 2.24) is 0 Å². The van der Waals surface area contributed by atoms with Gasteiger partial charge in [-0.15, -0.1) is 0 Å². The second-order valence-corrected chi connectivity index (χ2v) is 5.86. The molecule has 0 aromatic heterocycles. The summed E-state index contributed by atoms with van der Waals surface area (Å²) in [5.74, 6) is -0.899. The van der Waals surface area contributed by atoms with Gasteiger partial charge in [-0.3, -0.25) is 0 Å². The van der Waals surface area contributed by atoms with E-state index >= 15 is 0 Å². The number of alkyl halides is 1. The smallest absolute Gasteiger partial charge is 0.146 e. The van der Waals surface area contributed by atoms with Crippen LogP contribution in [0.15, 0.2) is 30.3 Å². The van der Waals surface area contributed by atoms with Gasteiger partial charge in [-0.2, -0.15) is 0 Å². The Morgan fingerprint density at radius 3 is 2.42 bits per heavy atom. The number of benzene rings is 2. The molecule has 100 valence electrons. The summed E-state index contributed by atoms with van der Waals surface area (Å²) in [4.78, 5) is -0.488. The topological polar surface area (TPSA) is 0 Å². The first-order chi connectivity index (χ1) is 8.91. The van der Waals surface area contributed by atoms with Crippen LogP contribution in [-0.4, -0.2) is 0 Å². The number of hydrogen-bond donors (Lipinski definition) is 0. The highest BCUT2D eigenvalue weighted by molar-refractivity contribution is 9.09. The largest absolute Gasteiger partial charge is 0.207 e. The summed E-state index contributed by atoms with van der Waals surface area (Å²) in [6.45, 7) is 1.63. The van der Waals surface area contributed by atoms with Crippen molar-refractivity contribution in [2.45, 2.75) is 11.8 Å². The SMILES string of the molecule is Cc1cc(C(Br)c2cccc(Cl)c2F)c(Cl)cc1F. The molecule has 0 N–H and O–H groups in total. The third-order valence-corrected chi connectivity index (χ3v) is 4.41. The van der Waals surface area contributed by atoms with Gasteiger partial charge in [-0.1, -0.05) is 57.3 Å². The van der Waals surface area contributed by atoms with E-state index in [9.17, 15) is 8.78 Å². The van der Waals surface area contributed by atoms with E-state index in [0.29, 0.717) is 16.7 Å². The van der Waals surface area contributed by atoms with Crippen LogP contribution >= 0.6 is 39.1 Å². The van der Waals surface area contributed by atoms with Gasteiger partial charge in [0.15, 0.2) is 0 Å². The van der Waals surface area contributed by atoms with E-state index in [-0.39, 0.29) is 15.9 Å². The first-order valence-electron chi connectivity index (χ1n) is 5.45. The molecule has 0 saturated heterocycles. The molecule has 1 unspecified atom stereocenters. The minimum atomic E-state index is -0.510. The van der Waals surface area contributed by atoms with E-state index in [1.165, 1.54) is 12.1 Å². The van der Waals surface area contributed by atoms with Crippen LogP contribution in [0.2, 0.25) is 10.0 Å². The van der Waals surface area contributed by atoms with Crippen molar-refractivity contribution in [1.29, 1.82) is 0 Å². The molecule has 0 nitrogen and oxygen atoms in total. The molecular formula is C14H9BrCl2F2. The van der Waals surface area contributed by atoms with Crippen molar-refractivity contribution in [3.63, 3.8) is 0 Å². The number of halogens is 5. The van der Waals surface area contributed by atoms with E-state index in [1.54, 1.807) is 25.1 Å². The standard InChI is InChI=1S/C14H9BrCl2F2/c1-7-5-9(11(17)6-12(7)18)13(15)8-3-2-4-10(16)14(8)19/h2-6,13H,1H3. The van der Waals surface area contributed by atoms with Crippen LogP contribution in [-0.2, 0) is 0 Å². The van der Waals surface area contributed by atoms with Crippen molar-refractivity contribution in [3.8, 4) is 0 Å². The predicted molar refractivity (Wildman–Crippen MR) is 78.3 cm³/mol. The number of rotatable bonds is 2. The molecule has 19 heavy (non-hydrogen) atoms. The maximum atomic E-state index is 14.0. The summed E-state index contributed by atoms with van der Waals surface area (Å²) in [6.07, 6.45) is 0. The van der Waals surface area contributed by atoms with Crippen molar-refractivity contribution in [2.75, 3.05) is 0 Å². The third-order valence-electron chi connectivity index (χ3n) is 2.81. The van der Waals surface area contributed by atoms with Gasteiger partial charge in [0, 0.05) is 10.6 Å². The Morgan fingerprint density at radius 1 is 1.05 bits per heavy atom. The minimum Gasteiger partial charge on any atom is -0.207 e. The molecule has 0 aliphatic heterocycles. The van der Waals surface area contributed by atoms with Gasteiger partial charge >= 0.3 is 0 Å². The molecule has 0 aliphatic rings. The fourth-order valence-corrected chi connectivity index (χ4v) is 3.06. The Balaban J connectivity index is 2.53. The Labute approximate surface area is 128 Å². The molecule has 0 amide bonds. The van der Waals surface area contributed by atoms with Gasteiger partial charge in [0.2, 0.25) is 0 Å². The van der Waals surface area contributed by atoms with Gasteiger partial charge < -0.3 is 0 Å². The average Bonchev–Trinajstić information content (AvgIpc) is 2.36. The monoisotopic (exact) mass is 364 g/mol. The van der Waals surface area contributed by atoms with Crippen LogP contribution in [0.25, 0.3) is 0 Å². The Bertz CT molecular complexity index is 629. The maximum Gasteiger partial charge on any atom is 0.146 e. The molecule has 5 heteroatoms. The van der Waals surface area contributed by atoms with E-state index < -0.39 is 10.6 Å². The molecule has 0 aliphatic carbocycles. The van der Waals surface area contributed by atoms with Crippen LogP contribution < -0.4 is 0 Å². The van der Waals surface area contributed by atoms with Crippen molar-refractivity contribution < 1.29 is 8.78 Å². The molecule has 1 atom stereocenters. The Kier molecular flexibility index (Phi) is 4.49. The lowest BCUT2D eigenvalue weighted by Crippen LogP contribution is -1.99. The lowest BCUT2D eigenvalue weighted by atomic mass is 10.0. The highest BCUT2D eigenvalue weighted by Crippen LogP contribution is 2.38. The molecule has 0 fully saturated rings. The molecule has 2 aromatic rings. The van der Waals surface area contributed by atoms with Crippen LogP contribution in [0.1, 0.15) is 21.5 Å². The van der Waals surface area contributed by atoms with Gasteiger partial charge in [0.1, 0.15) is 11.6 Å². The zero-order chi connectivity index (χ0) is 14.2. The van der Waals surface area contributed by atoms with Crippen LogP contribution in [0.3, 0.4) is 0 Å². The Hall–Kier alpha value is -0.640. The van der Waals surface area contributed by atoms with E-state index in [2.05, 4.69) is 15.9 Å². The van der Waals surface area contributed by atoms with E-state index in [4.69, 9.17) is 23.2 Å². The van der Waals surface area contributed by atoms with Crippen molar-refractivity contribution in [3.05, 3.63) is 68.7 Å². The second-order valence-electron chi connectivity index (χ2n) is 4.13. The summed E-state index contributed by atoms with van der Waals surface area (Å²) >= 11 is 15.1. The molecule has 0 radical (unpaired) electrons. The Morgan fingerprint density at radius 2 is 1.74 bits per heavy atom. The highest BCUT2D eigenvalue weighted by atomic mass is 79.9. The molecule has 0 spiro atoms. The normalized spacial score (nSPS) is 12.5. The zero-order valence-corrected chi connectivity index (χ0v) is 13.0. The van der Waals surface area contributed by atoms with Gasteiger partial charge in [0.25, 0.3) is 0 Å². The van der Waals surface area contributed by atoms with E-state index in [0.717, 1.165) is 0 Å². The number of aryl methyl sites for hydroxylation is 1. The first-order valence-corrected chi connectivity index (χ1v) is 7.12. The second kappa shape index (κ2) is 5.78. The summed E-state index contributed by atoms with van der Waals surface area (Å²) in [5, 5.41) is 0.279.